The van der Waals surface area contributed by atoms with E-state index in [1.165, 1.54) is 12.1 Å². The SMILES string of the molecule is Cc1ccc(F)c2ccc(C(F)(F)F)nc12. The van der Waals surface area contributed by atoms with Crippen LogP contribution in [0.1, 0.15) is 11.3 Å². The van der Waals surface area contributed by atoms with Gasteiger partial charge in [-0.25, -0.2) is 9.37 Å². The number of rotatable bonds is 0. The molecule has 2 rings (SSSR count). The molecule has 0 N–H and O–H groups in total. The largest absolute Gasteiger partial charge is 0.433 e. The molecule has 0 radical (unpaired) electrons. The molecule has 84 valence electrons. The summed E-state index contributed by atoms with van der Waals surface area (Å²) < 4.78 is 50.4. The molecule has 0 amide bonds. The topological polar surface area (TPSA) is 12.9 Å². The van der Waals surface area contributed by atoms with Crippen LogP contribution in [0.2, 0.25) is 0 Å². The second-order valence-electron chi connectivity index (χ2n) is 3.45. The fourth-order valence-electron chi connectivity index (χ4n) is 1.48. The molecule has 5 heteroatoms. The van der Waals surface area contributed by atoms with E-state index in [-0.39, 0.29) is 10.9 Å². The first-order valence-corrected chi connectivity index (χ1v) is 4.52. The fourth-order valence-corrected chi connectivity index (χ4v) is 1.48. The molecule has 0 bridgehead atoms. The highest BCUT2D eigenvalue weighted by atomic mass is 19.4. The maximum atomic E-state index is 13.3. The molecule has 0 aliphatic heterocycles. The van der Waals surface area contributed by atoms with Crippen LogP contribution in [0.15, 0.2) is 24.3 Å². The zero-order valence-corrected chi connectivity index (χ0v) is 8.27. The number of pyridine rings is 1. The standard InChI is InChI=1S/C11H7F4N/c1-6-2-4-8(12)7-3-5-9(11(13,14)15)16-10(6)7/h2-5H,1H3. The van der Waals surface area contributed by atoms with Crippen molar-refractivity contribution in [1.82, 2.24) is 4.98 Å². The Bertz CT molecular complexity index is 545. The van der Waals surface area contributed by atoms with Crippen LogP contribution in [0.5, 0.6) is 0 Å². The highest BCUT2D eigenvalue weighted by molar-refractivity contribution is 5.82. The Kier molecular flexibility index (Phi) is 2.33. The molecule has 1 heterocycles. The van der Waals surface area contributed by atoms with Gasteiger partial charge in [0.1, 0.15) is 11.5 Å². The fraction of sp³-hybridized carbons (Fsp3) is 0.182. The van der Waals surface area contributed by atoms with Crippen molar-refractivity contribution in [1.29, 1.82) is 0 Å². The van der Waals surface area contributed by atoms with Crippen molar-refractivity contribution >= 4 is 10.9 Å². The van der Waals surface area contributed by atoms with Gasteiger partial charge in [0.2, 0.25) is 0 Å². The van der Waals surface area contributed by atoms with E-state index < -0.39 is 17.7 Å². The van der Waals surface area contributed by atoms with Crippen LogP contribution in [0.25, 0.3) is 10.9 Å². The van der Waals surface area contributed by atoms with E-state index in [9.17, 15) is 17.6 Å². The normalized spacial score (nSPS) is 12.1. The van der Waals surface area contributed by atoms with E-state index in [4.69, 9.17) is 0 Å². The second kappa shape index (κ2) is 3.43. The molecule has 0 unspecified atom stereocenters. The number of aromatic nitrogens is 1. The van der Waals surface area contributed by atoms with Crippen LogP contribution in [0.3, 0.4) is 0 Å². The van der Waals surface area contributed by atoms with Crippen molar-refractivity contribution in [3.8, 4) is 0 Å². The van der Waals surface area contributed by atoms with Gasteiger partial charge in [0, 0.05) is 5.39 Å². The summed E-state index contributed by atoms with van der Waals surface area (Å²) in [5, 5.41) is 0.105. The summed E-state index contributed by atoms with van der Waals surface area (Å²) in [6, 6.07) is 4.51. The first kappa shape index (κ1) is 10.9. The molecule has 2 aromatic rings. The van der Waals surface area contributed by atoms with Crippen molar-refractivity contribution in [3.05, 3.63) is 41.3 Å². The maximum absolute atomic E-state index is 13.3. The Morgan fingerprint density at radius 2 is 1.75 bits per heavy atom. The van der Waals surface area contributed by atoms with Gasteiger partial charge in [-0.15, -0.1) is 0 Å². The number of alkyl halides is 3. The Labute approximate surface area is 88.7 Å². The molecule has 0 saturated carbocycles. The summed E-state index contributed by atoms with van der Waals surface area (Å²) >= 11 is 0. The van der Waals surface area contributed by atoms with E-state index in [2.05, 4.69) is 4.98 Å². The van der Waals surface area contributed by atoms with Gasteiger partial charge in [0.15, 0.2) is 0 Å². The monoisotopic (exact) mass is 229 g/mol. The van der Waals surface area contributed by atoms with Crippen LogP contribution in [-0.2, 0) is 6.18 Å². The number of benzene rings is 1. The van der Waals surface area contributed by atoms with Gasteiger partial charge in [-0.3, -0.25) is 0 Å². The molecule has 0 atom stereocenters. The van der Waals surface area contributed by atoms with Crippen molar-refractivity contribution in [2.24, 2.45) is 0 Å². The predicted octanol–water partition coefficient (Wildman–Crippen LogP) is 3.70. The molecular formula is C11H7F4N. The second-order valence-corrected chi connectivity index (χ2v) is 3.45. The third-order valence-corrected chi connectivity index (χ3v) is 2.30. The van der Waals surface area contributed by atoms with E-state index in [1.807, 2.05) is 0 Å². The maximum Gasteiger partial charge on any atom is 0.433 e. The van der Waals surface area contributed by atoms with E-state index in [0.29, 0.717) is 5.56 Å². The molecule has 1 aromatic heterocycles. The number of halogens is 4. The molecule has 0 aliphatic carbocycles. The first-order chi connectivity index (χ1) is 7.39. The van der Waals surface area contributed by atoms with Gasteiger partial charge >= 0.3 is 6.18 Å². The summed E-state index contributed by atoms with van der Waals surface area (Å²) in [4.78, 5) is 3.44. The number of hydrogen-bond acceptors (Lipinski definition) is 1. The van der Waals surface area contributed by atoms with Gasteiger partial charge in [-0.1, -0.05) is 6.07 Å². The average molecular weight is 229 g/mol. The van der Waals surface area contributed by atoms with Crippen molar-refractivity contribution < 1.29 is 17.6 Å². The van der Waals surface area contributed by atoms with Gasteiger partial charge in [0.25, 0.3) is 0 Å². The molecule has 0 spiro atoms. The average Bonchev–Trinajstić information content (AvgIpc) is 2.22. The highest BCUT2D eigenvalue weighted by Gasteiger charge is 2.32. The summed E-state index contributed by atoms with van der Waals surface area (Å²) in [5.41, 5.74) is -0.439. The van der Waals surface area contributed by atoms with Crippen molar-refractivity contribution in [2.75, 3.05) is 0 Å². The predicted molar refractivity (Wildman–Crippen MR) is 51.4 cm³/mol. The zero-order chi connectivity index (χ0) is 11.9. The quantitative estimate of drug-likeness (QED) is 0.627. The van der Waals surface area contributed by atoms with E-state index in [1.54, 1.807) is 6.92 Å². The van der Waals surface area contributed by atoms with Crippen molar-refractivity contribution in [2.45, 2.75) is 13.1 Å². The summed E-state index contributed by atoms with van der Waals surface area (Å²) in [5.74, 6) is -0.568. The summed E-state index contributed by atoms with van der Waals surface area (Å²) in [6.45, 7) is 1.59. The van der Waals surface area contributed by atoms with Crippen LogP contribution < -0.4 is 0 Å². The molecule has 1 nitrogen and oxygen atoms in total. The summed E-state index contributed by atoms with van der Waals surface area (Å²) in [7, 11) is 0. The molecule has 0 aliphatic rings. The van der Waals surface area contributed by atoms with Crippen LogP contribution in [-0.4, -0.2) is 4.98 Å². The lowest BCUT2D eigenvalue weighted by Gasteiger charge is -2.08. The smallest absolute Gasteiger partial charge is 0.243 e. The van der Waals surface area contributed by atoms with E-state index in [0.717, 1.165) is 12.1 Å². The molecule has 0 fully saturated rings. The molecule has 16 heavy (non-hydrogen) atoms. The lowest BCUT2D eigenvalue weighted by atomic mass is 10.1. The number of nitrogens with zero attached hydrogens (tertiary/aromatic N) is 1. The molecule has 1 aromatic carbocycles. The zero-order valence-electron chi connectivity index (χ0n) is 8.27. The number of aryl methyl sites for hydroxylation is 1. The van der Waals surface area contributed by atoms with Gasteiger partial charge in [-0.2, -0.15) is 13.2 Å². The molecular weight excluding hydrogens is 222 g/mol. The lowest BCUT2D eigenvalue weighted by Crippen LogP contribution is -2.08. The van der Waals surface area contributed by atoms with Gasteiger partial charge in [-0.05, 0) is 30.7 Å². The van der Waals surface area contributed by atoms with Crippen LogP contribution in [0, 0.1) is 12.7 Å². The highest BCUT2D eigenvalue weighted by Crippen LogP contribution is 2.30. The van der Waals surface area contributed by atoms with Crippen LogP contribution in [0.4, 0.5) is 17.6 Å². The first-order valence-electron chi connectivity index (χ1n) is 4.52. The minimum atomic E-state index is -4.51. The van der Waals surface area contributed by atoms with Crippen molar-refractivity contribution in [3.63, 3.8) is 0 Å². The Morgan fingerprint density at radius 1 is 1.06 bits per heavy atom. The Morgan fingerprint density at radius 3 is 2.38 bits per heavy atom. The minimum absolute atomic E-state index is 0.0508. The summed E-state index contributed by atoms with van der Waals surface area (Å²) in [6.07, 6.45) is -4.51. The van der Waals surface area contributed by atoms with Gasteiger partial charge in [0.05, 0.1) is 5.52 Å². The minimum Gasteiger partial charge on any atom is -0.243 e. The third kappa shape index (κ3) is 1.73. The third-order valence-electron chi connectivity index (χ3n) is 2.30. The van der Waals surface area contributed by atoms with Crippen LogP contribution >= 0.6 is 0 Å². The molecule has 0 saturated heterocycles. The lowest BCUT2D eigenvalue weighted by molar-refractivity contribution is -0.140. The van der Waals surface area contributed by atoms with E-state index >= 15 is 0 Å². The Hall–Kier alpha value is -1.65. The number of fused-ring (bicyclic) bond motifs is 1. The van der Waals surface area contributed by atoms with Gasteiger partial charge < -0.3 is 0 Å². The number of hydrogen-bond donors (Lipinski definition) is 0. The Balaban J connectivity index is 2.76.